The van der Waals surface area contributed by atoms with Crippen LogP contribution in [0.4, 0.5) is 0 Å². The van der Waals surface area contributed by atoms with E-state index in [9.17, 15) is 0 Å². The molecule has 1 fully saturated rings. The predicted octanol–water partition coefficient (Wildman–Crippen LogP) is 2.29. The van der Waals surface area contributed by atoms with E-state index in [4.69, 9.17) is 16.3 Å². The van der Waals surface area contributed by atoms with Gasteiger partial charge < -0.3 is 4.74 Å². The fraction of sp³-hybridized carbons (Fsp3) is 0.556. The summed E-state index contributed by atoms with van der Waals surface area (Å²) in [7, 11) is 0. The molecule has 0 saturated carbocycles. The summed E-state index contributed by atoms with van der Waals surface area (Å²) in [6, 6.07) is 1.78. The average molecular weight is 199 g/mol. The Labute approximate surface area is 82.1 Å². The van der Waals surface area contributed by atoms with Gasteiger partial charge in [0.25, 0.3) is 0 Å². The first-order chi connectivity index (χ1) is 6.25. The second kappa shape index (κ2) is 3.60. The second-order valence-corrected chi connectivity index (χ2v) is 3.55. The Hall–Kier alpha value is -0.670. The molecule has 0 bridgehead atoms. The predicted molar refractivity (Wildman–Crippen MR) is 49.7 cm³/mol. The Morgan fingerprint density at radius 2 is 2.38 bits per heavy atom. The number of hydrogen-bond donors (Lipinski definition) is 0. The van der Waals surface area contributed by atoms with Crippen molar-refractivity contribution >= 4 is 11.6 Å². The number of nitrogens with zero attached hydrogens (tertiary/aromatic N) is 2. The third kappa shape index (κ3) is 1.98. The lowest BCUT2D eigenvalue weighted by atomic mass is 10.2. The summed E-state index contributed by atoms with van der Waals surface area (Å²) in [6.07, 6.45) is 2.26. The van der Waals surface area contributed by atoms with Crippen molar-refractivity contribution in [2.24, 2.45) is 0 Å². The van der Waals surface area contributed by atoms with Crippen molar-refractivity contribution in [1.82, 2.24) is 9.97 Å². The van der Waals surface area contributed by atoms with Gasteiger partial charge in [-0.2, -0.15) is 0 Å². The zero-order valence-corrected chi connectivity index (χ0v) is 8.21. The molecule has 4 heteroatoms. The molecule has 2 heterocycles. The maximum Gasteiger partial charge on any atom is 0.133 e. The summed E-state index contributed by atoms with van der Waals surface area (Å²) in [6.45, 7) is 2.66. The third-order valence-corrected chi connectivity index (χ3v) is 2.28. The molecule has 0 N–H and O–H groups in total. The van der Waals surface area contributed by atoms with Crippen LogP contribution in [-0.4, -0.2) is 16.6 Å². The minimum atomic E-state index is 0.124. The molecule has 0 aromatic carbocycles. The summed E-state index contributed by atoms with van der Waals surface area (Å²) in [5.41, 5.74) is 0.912. The van der Waals surface area contributed by atoms with Crippen LogP contribution in [0.25, 0.3) is 0 Å². The molecule has 13 heavy (non-hydrogen) atoms. The Morgan fingerprint density at radius 1 is 1.54 bits per heavy atom. The first-order valence-electron chi connectivity index (χ1n) is 4.38. The van der Waals surface area contributed by atoms with Gasteiger partial charge in [0.05, 0.1) is 11.8 Å². The fourth-order valence-corrected chi connectivity index (χ4v) is 1.76. The SMILES string of the molecule is Cc1nc(Cl)cc(C2CCCO2)n1. The van der Waals surface area contributed by atoms with E-state index >= 15 is 0 Å². The minimum Gasteiger partial charge on any atom is -0.372 e. The average Bonchev–Trinajstić information content (AvgIpc) is 2.53. The van der Waals surface area contributed by atoms with E-state index in [1.54, 1.807) is 6.07 Å². The highest BCUT2D eigenvalue weighted by molar-refractivity contribution is 6.29. The van der Waals surface area contributed by atoms with E-state index in [2.05, 4.69) is 9.97 Å². The molecule has 0 amide bonds. The maximum atomic E-state index is 5.82. The quantitative estimate of drug-likeness (QED) is 0.650. The van der Waals surface area contributed by atoms with Crippen molar-refractivity contribution in [3.63, 3.8) is 0 Å². The van der Waals surface area contributed by atoms with Crippen molar-refractivity contribution < 1.29 is 4.74 Å². The van der Waals surface area contributed by atoms with Gasteiger partial charge in [0.2, 0.25) is 0 Å². The van der Waals surface area contributed by atoms with Crippen molar-refractivity contribution in [3.8, 4) is 0 Å². The Bertz CT molecular complexity index is 290. The standard InChI is InChI=1S/C9H11ClN2O/c1-6-11-7(5-9(10)12-6)8-3-2-4-13-8/h5,8H,2-4H2,1H3. The number of ether oxygens (including phenoxy) is 1. The van der Waals surface area contributed by atoms with Crippen LogP contribution in [0.1, 0.15) is 30.5 Å². The lowest BCUT2D eigenvalue weighted by Crippen LogP contribution is -2.02. The van der Waals surface area contributed by atoms with Gasteiger partial charge in [0.15, 0.2) is 0 Å². The van der Waals surface area contributed by atoms with Gasteiger partial charge in [0.1, 0.15) is 11.0 Å². The molecule has 2 rings (SSSR count). The number of halogens is 1. The van der Waals surface area contributed by atoms with E-state index in [0.717, 1.165) is 25.1 Å². The zero-order chi connectivity index (χ0) is 9.26. The largest absolute Gasteiger partial charge is 0.372 e. The van der Waals surface area contributed by atoms with Gasteiger partial charge in [-0.3, -0.25) is 0 Å². The molecule has 1 saturated heterocycles. The second-order valence-electron chi connectivity index (χ2n) is 3.16. The van der Waals surface area contributed by atoms with Crippen molar-refractivity contribution in [2.75, 3.05) is 6.61 Å². The van der Waals surface area contributed by atoms with Gasteiger partial charge in [-0.25, -0.2) is 9.97 Å². The molecule has 70 valence electrons. The fourth-order valence-electron chi connectivity index (χ4n) is 1.53. The lowest BCUT2D eigenvalue weighted by Gasteiger charge is -2.08. The number of rotatable bonds is 1. The van der Waals surface area contributed by atoms with Crippen molar-refractivity contribution in [2.45, 2.75) is 25.9 Å². The third-order valence-electron chi connectivity index (χ3n) is 2.09. The van der Waals surface area contributed by atoms with Gasteiger partial charge in [-0.05, 0) is 25.8 Å². The molecule has 0 radical (unpaired) electrons. The molecule has 0 spiro atoms. The summed E-state index contributed by atoms with van der Waals surface area (Å²) < 4.78 is 5.50. The van der Waals surface area contributed by atoms with Crippen molar-refractivity contribution in [1.29, 1.82) is 0 Å². The van der Waals surface area contributed by atoms with Crippen LogP contribution in [0.2, 0.25) is 5.15 Å². The molecule has 1 aromatic rings. The number of hydrogen-bond acceptors (Lipinski definition) is 3. The molecule has 1 atom stereocenters. The molecular weight excluding hydrogens is 188 g/mol. The molecular formula is C9H11ClN2O. The zero-order valence-electron chi connectivity index (χ0n) is 7.46. The Balaban J connectivity index is 2.28. The van der Waals surface area contributed by atoms with E-state index < -0.39 is 0 Å². The lowest BCUT2D eigenvalue weighted by molar-refractivity contribution is 0.108. The highest BCUT2D eigenvalue weighted by Crippen LogP contribution is 2.27. The van der Waals surface area contributed by atoms with Crippen LogP contribution < -0.4 is 0 Å². The monoisotopic (exact) mass is 198 g/mol. The van der Waals surface area contributed by atoms with Gasteiger partial charge >= 0.3 is 0 Å². The van der Waals surface area contributed by atoms with Crippen LogP contribution in [-0.2, 0) is 4.74 Å². The van der Waals surface area contributed by atoms with Crippen LogP contribution in [0, 0.1) is 6.92 Å². The Morgan fingerprint density at radius 3 is 3.00 bits per heavy atom. The van der Waals surface area contributed by atoms with Crippen molar-refractivity contribution in [3.05, 3.63) is 22.7 Å². The summed E-state index contributed by atoms with van der Waals surface area (Å²) in [5.74, 6) is 0.706. The van der Waals surface area contributed by atoms with E-state index in [1.165, 1.54) is 0 Å². The van der Waals surface area contributed by atoms with Gasteiger partial charge in [0, 0.05) is 6.61 Å². The first-order valence-corrected chi connectivity index (χ1v) is 4.76. The maximum absolute atomic E-state index is 5.82. The molecule has 1 aliphatic rings. The number of aromatic nitrogens is 2. The smallest absolute Gasteiger partial charge is 0.133 e. The minimum absolute atomic E-state index is 0.124. The Kier molecular flexibility index (Phi) is 2.47. The molecule has 1 aliphatic heterocycles. The van der Waals surface area contributed by atoms with Crippen LogP contribution in [0.3, 0.4) is 0 Å². The van der Waals surface area contributed by atoms with E-state index in [1.807, 2.05) is 6.92 Å². The molecule has 1 aromatic heterocycles. The van der Waals surface area contributed by atoms with E-state index in [0.29, 0.717) is 11.0 Å². The van der Waals surface area contributed by atoms with Crippen LogP contribution >= 0.6 is 11.6 Å². The summed E-state index contributed by atoms with van der Waals surface area (Å²) in [4.78, 5) is 8.30. The highest BCUT2D eigenvalue weighted by atomic mass is 35.5. The highest BCUT2D eigenvalue weighted by Gasteiger charge is 2.19. The van der Waals surface area contributed by atoms with E-state index in [-0.39, 0.29) is 6.10 Å². The van der Waals surface area contributed by atoms with Gasteiger partial charge in [-0.1, -0.05) is 11.6 Å². The van der Waals surface area contributed by atoms with Gasteiger partial charge in [-0.15, -0.1) is 0 Å². The summed E-state index contributed by atoms with van der Waals surface area (Å²) >= 11 is 5.82. The van der Waals surface area contributed by atoms with Crippen LogP contribution in [0.15, 0.2) is 6.07 Å². The van der Waals surface area contributed by atoms with Crippen LogP contribution in [0.5, 0.6) is 0 Å². The molecule has 3 nitrogen and oxygen atoms in total. The molecule has 1 unspecified atom stereocenters. The first kappa shape index (κ1) is 8.91. The molecule has 0 aliphatic carbocycles. The topological polar surface area (TPSA) is 35.0 Å². The summed E-state index contributed by atoms with van der Waals surface area (Å²) in [5, 5.41) is 0.498. The normalized spacial score (nSPS) is 22.2. The number of aryl methyl sites for hydroxylation is 1.